The van der Waals surface area contributed by atoms with Crippen LogP contribution in [-0.2, 0) is 14.3 Å². The molecular weight excluding hydrogens is 300 g/mol. The van der Waals surface area contributed by atoms with Crippen LogP contribution in [0.25, 0.3) is 0 Å². The molecule has 9 nitrogen and oxygen atoms in total. The van der Waals surface area contributed by atoms with Crippen molar-refractivity contribution in [3.05, 3.63) is 35.9 Å². The Balaban J connectivity index is 0.000000763. The van der Waals surface area contributed by atoms with Crippen LogP contribution in [0.1, 0.15) is 10.4 Å². The molecule has 5 N–H and O–H groups in total. The van der Waals surface area contributed by atoms with E-state index in [-0.39, 0.29) is 5.56 Å². The van der Waals surface area contributed by atoms with E-state index in [0.717, 1.165) is 0 Å². The summed E-state index contributed by atoms with van der Waals surface area (Å²) < 4.78 is 4.32. The number of aliphatic carboxylic acids is 1. The molecule has 0 unspecified atom stereocenters. The van der Waals surface area contributed by atoms with Crippen molar-refractivity contribution in [1.82, 2.24) is 0 Å². The van der Waals surface area contributed by atoms with E-state index in [1.807, 2.05) is 0 Å². The van der Waals surface area contributed by atoms with E-state index in [4.69, 9.17) is 30.3 Å². The van der Waals surface area contributed by atoms with Gasteiger partial charge in [0.15, 0.2) is 6.10 Å². The molecule has 0 radical (unpaired) electrons. The third-order valence-electron chi connectivity index (χ3n) is 2.13. The van der Waals surface area contributed by atoms with E-state index in [0.29, 0.717) is 0 Å². The number of carbonyl (C=O) groups is 3. The molecular formula is C13H16O9. The Morgan fingerprint density at radius 2 is 1.55 bits per heavy atom. The minimum absolute atomic E-state index is 0.145. The number of hydrogen-bond donors (Lipinski definition) is 5. The van der Waals surface area contributed by atoms with Crippen molar-refractivity contribution in [1.29, 1.82) is 0 Å². The number of carbonyl (C=O) groups excluding carboxylic acids is 2. The minimum atomic E-state index is -1.95. The van der Waals surface area contributed by atoms with Crippen molar-refractivity contribution in [3.63, 3.8) is 0 Å². The van der Waals surface area contributed by atoms with Crippen molar-refractivity contribution in [2.24, 2.45) is 0 Å². The van der Waals surface area contributed by atoms with Gasteiger partial charge in [0.2, 0.25) is 0 Å². The van der Waals surface area contributed by atoms with E-state index < -0.39 is 43.3 Å². The van der Waals surface area contributed by atoms with Crippen LogP contribution in [0.3, 0.4) is 0 Å². The second-order valence-corrected chi connectivity index (χ2v) is 3.82. The van der Waals surface area contributed by atoms with Crippen LogP contribution in [0.15, 0.2) is 30.3 Å². The van der Waals surface area contributed by atoms with E-state index in [2.05, 4.69) is 4.74 Å². The SMILES string of the molecule is O=C(O)CO.O=C(OC(=O)[C@H](O)[C@@H](O)CO)c1ccccc1. The van der Waals surface area contributed by atoms with Gasteiger partial charge in [0.1, 0.15) is 12.7 Å². The summed E-state index contributed by atoms with van der Waals surface area (Å²) in [5.74, 6) is -3.43. The molecule has 0 saturated carbocycles. The predicted molar refractivity (Wildman–Crippen MR) is 70.7 cm³/mol. The molecule has 0 aliphatic carbocycles. The van der Waals surface area contributed by atoms with E-state index in [1.165, 1.54) is 12.1 Å². The molecule has 0 bridgehead atoms. The van der Waals surface area contributed by atoms with Crippen molar-refractivity contribution in [2.75, 3.05) is 13.2 Å². The van der Waals surface area contributed by atoms with E-state index in [1.54, 1.807) is 18.2 Å². The fourth-order valence-electron chi connectivity index (χ4n) is 1.04. The molecule has 2 atom stereocenters. The second kappa shape index (κ2) is 10.4. The largest absolute Gasteiger partial charge is 0.480 e. The van der Waals surface area contributed by atoms with E-state index in [9.17, 15) is 9.59 Å². The predicted octanol–water partition coefficient (Wildman–Crippen LogP) is -1.85. The first-order chi connectivity index (χ1) is 10.3. The first kappa shape index (κ1) is 19.7. The number of benzene rings is 1. The molecule has 9 heteroatoms. The van der Waals surface area contributed by atoms with Crippen LogP contribution in [-0.4, -0.2) is 68.9 Å². The minimum Gasteiger partial charge on any atom is -0.480 e. The van der Waals surface area contributed by atoms with Gasteiger partial charge in [-0.05, 0) is 12.1 Å². The summed E-state index contributed by atoms with van der Waals surface area (Å²) >= 11 is 0. The van der Waals surface area contributed by atoms with Crippen LogP contribution < -0.4 is 0 Å². The quantitative estimate of drug-likeness (QED) is 0.310. The van der Waals surface area contributed by atoms with Crippen LogP contribution in [0.2, 0.25) is 0 Å². The van der Waals surface area contributed by atoms with Crippen molar-refractivity contribution in [2.45, 2.75) is 12.2 Å². The number of aliphatic hydroxyl groups is 4. The molecule has 0 fully saturated rings. The highest BCUT2D eigenvalue weighted by Gasteiger charge is 2.27. The summed E-state index contributed by atoms with van der Waals surface area (Å²) in [6.07, 6.45) is -3.63. The van der Waals surface area contributed by atoms with Gasteiger partial charge in [-0.3, -0.25) is 0 Å². The molecule has 0 aliphatic heterocycles. The number of hydrogen-bond acceptors (Lipinski definition) is 8. The molecule has 0 aliphatic rings. The lowest BCUT2D eigenvalue weighted by Crippen LogP contribution is -2.38. The summed E-state index contributed by atoms with van der Waals surface area (Å²) in [5.41, 5.74) is 0.145. The average Bonchev–Trinajstić information content (AvgIpc) is 2.54. The molecule has 122 valence electrons. The lowest BCUT2D eigenvalue weighted by atomic mass is 10.2. The molecule has 0 spiro atoms. The van der Waals surface area contributed by atoms with Gasteiger partial charge in [-0.25, -0.2) is 14.4 Å². The number of esters is 2. The Kier molecular flexibility index (Phi) is 9.30. The topological polar surface area (TPSA) is 162 Å². The van der Waals surface area contributed by atoms with Gasteiger partial charge >= 0.3 is 17.9 Å². The highest BCUT2D eigenvalue weighted by atomic mass is 16.6. The molecule has 0 heterocycles. The van der Waals surface area contributed by atoms with Gasteiger partial charge in [-0.15, -0.1) is 0 Å². The molecule has 22 heavy (non-hydrogen) atoms. The third kappa shape index (κ3) is 7.45. The van der Waals surface area contributed by atoms with E-state index >= 15 is 0 Å². The second-order valence-electron chi connectivity index (χ2n) is 3.82. The maximum Gasteiger partial charge on any atom is 0.345 e. The van der Waals surface area contributed by atoms with Gasteiger partial charge in [0.05, 0.1) is 12.2 Å². The normalized spacial score (nSPS) is 12.4. The van der Waals surface area contributed by atoms with Crippen LogP contribution in [0.5, 0.6) is 0 Å². The third-order valence-corrected chi connectivity index (χ3v) is 2.13. The first-order valence-electron chi connectivity index (χ1n) is 5.94. The molecule has 1 aromatic carbocycles. The summed E-state index contributed by atoms with van der Waals surface area (Å²) in [6.45, 7) is -1.59. The first-order valence-corrected chi connectivity index (χ1v) is 5.94. The zero-order valence-corrected chi connectivity index (χ0v) is 11.3. The van der Waals surface area contributed by atoms with Gasteiger partial charge in [0.25, 0.3) is 0 Å². The van der Waals surface area contributed by atoms with Gasteiger partial charge in [-0.1, -0.05) is 18.2 Å². The maximum atomic E-state index is 11.4. The summed E-state index contributed by atoms with van der Waals surface area (Å²) in [5, 5.41) is 41.6. The Morgan fingerprint density at radius 1 is 1.05 bits per heavy atom. The zero-order valence-electron chi connectivity index (χ0n) is 11.3. The van der Waals surface area contributed by atoms with Gasteiger partial charge < -0.3 is 30.3 Å². The van der Waals surface area contributed by atoms with Crippen molar-refractivity contribution < 1.29 is 44.7 Å². The fourth-order valence-corrected chi connectivity index (χ4v) is 1.04. The molecule has 0 aromatic heterocycles. The smallest absolute Gasteiger partial charge is 0.345 e. The Labute approximate surface area is 125 Å². The number of ether oxygens (including phenoxy) is 1. The van der Waals surface area contributed by atoms with Crippen molar-refractivity contribution in [3.8, 4) is 0 Å². The lowest BCUT2D eigenvalue weighted by Gasteiger charge is -2.13. The Morgan fingerprint density at radius 3 is 1.95 bits per heavy atom. The van der Waals surface area contributed by atoms with Crippen LogP contribution in [0.4, 0.5) is 0 Å². The molecule has 1 aromatic rings. The van der Waals surface area contributed by atoms with Crippen LogP contribution in [0, 0.1) is 0 Å². The zero-order chi connectivity index (χ0) is 17.1. The Hall–Kier alpha value is -2.33. The fraction of sp³-hybridized carbons (Fsp3) is 0.308. The summed E-state index contributed by atoms with van der Waals surface area (Å²) in [4.78, 5) is 31.7. The monoisotopic (exact) mass is 316 g/mol. The Bertz CT molecular complexity index is 486. The average molecular weight is 316 g/mol. The number of carboxylic acids is 1. The number of aliphatic hydroxyl groups excluding tert-OH is 4. The number of carboxylic acid groups (broad SMARTS) is 1. The summed E-state index contributed by atoms with van der Waals surface area (Å²) in [6, 6.07) is 7.72. The molecule has 0 saturated heterocycles. The van der Waals surface area contributed by atoms with Crippen molar-refractivity contribution >= 4 is 17.9 Å². The summed E-state index contributed by atoms with van der Waals surface area (Å²) in [7, 11) is 0. The standard InChI is InChI=1S/C11H12O6.C2H4O3/c12-6-8(13)9(14)11(16)17-10(15)7-4-2-1-3-5-7;3-1-2(4)5/h1-5,8-9,12-14H,6H2;3H,1H2,(H,4,5)/t8-,9+;/m0./s1. The molecule has 0 amide bonds. The lowest BCUT2D eigenvalue weighted by molar-refractivity contribution is -0.155. The van der Waals surface area contributed by atoms with Gasteiger partial charge in [-0.2, -0.15) is 0 Å². The number of rotatable bonds is 5. The maximum absolute atomic E-state index is 11.4. The highest BCUT2D eigenvalue weighted by molar-refractivity contribution is 5.97. The molecule has 1 rings (SSSR count). The van der Waals surface area contributed by atoms with Crippen LogP contribution >= 0.6 is 0 Å². The highest BCUT2D eigenvalue weighted by Crippen LogP contribution is 2.04. The van der Waals surface area contributed by atoms with Gasteiger partial charge in [0, 0.05) is 0 Å².